The van der Waals surface area contributed by atoms with E-state index < -0.39 is 0 Å². The van der Waals surface area contributed by atoms with Crippen LogP contribution in [0, 0.1) is 12.3 Å². The summed E-state index contributed by atoms with van der Waals surface area (Å²) in [5.74, 6) is 0. The van der Waals surface area contributed by atoms with E-state index in [1.165, 1.54) is 26.9 Å². The lowest BCUT2D eigenvalue weighted by Crippen LogP contribution is -2.61. The molecule has 1 nitrogen and oxygen atoms in total. The van der Waals surface area contributed by atoms with Crippen LogP contribution in [-0.2, 0) is 11.0 Å². The Bertz CT molecular complexity index is 1090. The second-order valence-corrected chi connectivity index (χ2v) is 10.7. The van der Waals surface area contributed by atoms with Crippen molar-refractivity contribution >= 4 is 27.1 Å². The number of benzene rings is 2. The highest BCUT2D eigenvalue weighted by Gasteiger charge is 2.64. The molecule has 0 fully saturated rings. The normalized spacial score (nSPS) is 27.4. The predicted molar refractivity (Wildman–Crippen MR) is 118 cm³/mol. The summed E-state index contributed by atoms with van der Waals surface area (Å²) in [5.41, 5.74) is 6.05. The Kier molecular flexibility index (Phi) is 3.19. The Morgan fingerprint density at radius 3 is 2.37 bits per heavy atom. The summed E-state index contributed by atoms with van der Waals surface area (Å²) >= 11 is 2.02. The fraction of sp³-hybridized carbons (Fsp3) is 0.440. The molecule has 0 aliphatic carbocycles. The maximum absolute atomic E-state index is 2.76. The number of para-hydroxylation sites is 1. The summed E-state index contributed by atoms with van der Waals surface area (Å²) in [7, 11) is 0. The number of rotatable bonds is 0. The van der Waals surface area contributed by atoms with E-state index in [1.807, 2.05) is 11.3 Å². The predicted octanol–water partition coefficient (Wildman–Crippen LogP) is 7.32. The molecule has 2 aromatic carbocycles. The first-order valence-corrected chi connectivity index (χ1v) is 10.9. The first-order chi connectivity index (χ1) is 12.6. The number of nitrogens with zero attached hydrogens (tertiary/aromatic N) is 1. The van der Waals surface area contributed by atoms with Crippen molar-refractivity contribution in [2.75, 3.05) is 4.90 Å². The first-order valence-electron chi connectivity index (χ1n) is 10.1. The third-order valence-corrected chi connectivity index (χ3v) is 9.69. The highest BCUT2D eigenvalue weighted by Crippen LogP contribution is 2.69. The maximum atomic E-state index is 2.76. The Balaban J connectivity index is 1.94. The molecular weight excluding hydrogens is 346 g/mol. The van der Waals surface area contributed by atoms with Crippen LogP contribution in [-0.4, -0.2) is 0 Å². The first kappa shape index (κ1) is 17.3. The Hall–Kier alpha value is -1.80. The molecular formula is C25H29NS. The number of hydrogen-bond donors (Lipinski definition) is 0. The van der Waals surface area contributed by atoms with Crippen molar-refractivity contribution in [1.29, 1.82) is 0 Å². The van der Waals surface area contributed by atoms with Gasteiger partial charge in [0.05, 0.1) is 11.6 Å². The van der Waals surface area contributed by atoms with Crippen LogP contribution in [0.3, 0.4) is 0 Å². The van der Waals surface area contributed by atoms with E-state index >= 15 is 0 Å². The van der Waals surface area contributed by atoms with Crippen molar-refractivity contribution in [2.24, 2.45) is 5.41 Å². The topological polar surface area (TPSA) is 3.24 Å². The monoisotopic (exact) mass is 375 g/mol. The van der Waals surface area contributed by atoms with Crippen molar-refractivity contribution < 1.29 is 0 Å². The molecule has 0 bridgehead atoms. The molecule has 2 atom stereocenters. The van der Waals surface area contributed by atoms with E-state index in [2.05, 4.69) is 95.8 Å². The van der Waals surface area contributed by atoms with Gasteiger partial charge in [0, 0.05) is 20.7 Å². The second kappa shape index (κ2) is 4.97. The van der Waals surface area contributed by atoms with Gasteiger partial charge in [-0.05, 0) is 54.3 Å². The zero-order valence-electron chi connectivity index (χ0n) is 17.5. The molecule has 2 aliphatic heterocycles. The van der Waals surface area contributed by atoms with Gasteiger partial charge in [0.25, 0.3) is 0 Å². The van der Waals surface area contributed by atoms with Gasteiger partial charge < -0.3 is 4.90 Å². The SMILES string of the molecule is Cc1cccc2c1N1[C@@H](C)c3c(sc4ccccc34)C1(C)C(C)(C)C2(C)C. The minimum absolute atomic E-state index is 0.0198. The highest BCUT2D eigenvalue weighted by atomic mass is 32.1. The smallest absolute Gasteiger partial charge is 0.0787 e. The van der Waals surface area contributed by atoms with Gasteiger partial charge in [-0.1, -0.05) is 64.1 Å². The fourth-order valence-electron chi connectivity index (χ4n) is 5.90. The number of anilines is 1. The van der Waals surface area contributed by atoms with Gasteiger partial charge in [0.15, 0.2) is 0 Å². The fourth-order valence-corrected chi connectivity index (χ4v) is 7.50. The number of fused-ring (bicyclic) bond motifs is 7. The van der Waals surface area contributed by atoms with Gasteiger partial charge in [0.2, 0.25) is 0 Å². The van der Waals surface area contributed by atoms with Crippen LogP contribution in [0.5, 0.6) is 0 Å². The van der Waals surface area contributed by atoms with Gasteiger partial charge >= 0.3 is 0 Å². The molecule has 0 radical (unpaired) electrons. The molecule has 0 spiro atoms. The summed E-state index contributed by atoms with van der Waals surface area (Å²) < 4.78 is 1.43. The summed E-state index contributed by atoms with van der Waals surface area (Å²) in [5, 5.41) is 1.45. The molecule has 3 heterocycles. The van der Waals surface area contributed by atoms with E-state index in [0.29, 0.717) is 6.04 Å². The minimum Gasteiger partial charge on any atom is -0.353 e. The molecule has 0 amide bonds. The molecule has 0 N–H and O–H groups in total. The third kappa shape index (κ3) is 1.72. The van der Waals surface area contributed by atoms with Gasteiger partial charge in [-0.3, -0.25) is 0 Å². The van der Waals surface area contributed by atoms with Crippen molar-refractivity contribution in [2.45, 2.75) is 65.5 Å². The molecule has 1 aromatic heterocycles. The quantitative estimate of drug-likeness (QED) is 0.398. The van der Waals surface area contributed by atoms with Gasteiger partial charge in [-0.2, -0.15) is 0 Å². The van der Waals surface area contributed by atoms with Crippen LogP contribution in [0.2, 0.25) is 0 Å². The lowest BCUT2D eigenvalue weighted by Gasteiger charge is -2.62. The van der Waals surface area contributed by atoms with Gasteiger partial charge in [-0.25, -0.2) is 0 Å². The van der Waals surface area contributed by atoms with E-state index in [9.17, 15) is 0 Å². The standard InChI is InChI=1S/C25H29NS/c1-15-11-10-13-18-21(15)26-16(2)20-17-12-8-9-14-19(17)27-22(20)25(26,7)24(5,6)23(18,3)4/h8-14,16H,1-7H3/t16-,25?/m0/s1. The summed E-state index contributed by atoms with van der Waals surface area (Å²) in [4.78, 5) is 4.33. The highest BCUT2D eigenvalue weighted by molar-refractivity contribution is 7.19. The molecule has 2 aliphatic rings. The van der Waals surface area contributed by atoms with E-state index in [1.54, 1.807) is 10.4 Å². The van der Waals surface area contributed by atoms with Crippen LogP contribution in [0.25, 0.3) is 10.1 Å². The van der Waals surface area contributed by atoms with Crippen molar-refractivity contribution in [1.82, 2.24) is 0 Å². The van der Waals surface area contributed by atoms with E-state index in [-0.39, 0.29) is 16.4 Å². The summed E-state index contributed by atoms with van der Waals surface area (Å²) in [6.07, 6.45) is 0. The average Bonchev–Trinajstić information content (AvgIpc) is 3.10. The zero-order valence-corrected chi connectivity index (χ0v) is 18.3. The molecule has 27 heavy (non-hydrogen) atoms. The Morgan fingerprint density at radius 1 is 0.926 bits per heavy atom. The van der Waals surface area contributed by atoms with Crippen molar-refractivity contribution in [3.05, 3.63) is 64.0 Å². The largest absolute Gasteiger partial charge is 0.353 e. The molecule has 5 rings (SSSR count). The van der Waals surface area contributed by atoms with Gasteiger partial charge in [-0.15, -0.1) is 11.3 Å². The molecule has 1 unspecified atom stereocenters. The van der Waals surface area contributed by atoms with Crippen molar-refractivity contribution in [3.63, 3.8) is 0 Å². The second-order valence-electron chi connectivity index (χ2n) is 9.68. The zero-order chi connectivity index (χ0) is 19.4. The van der Waals surface area contributed by atoms with Crippen LogP contribution >= 0.6 is 11.3 Å². The van der Waals surface area contributed by atoms with Crippen LogP contribution in [0.4, 0.5) is 5.69 Å². The number of hydrogen-bond acceptors (Lipinski definition) is 2. The lowest BCUT2D eigenvalue weighted by molar-refractivity contribution is 0.0672. The average molecular weight is 376 g/mol. The van der Waals surface area contributed by atoms with Gasteiger partial charge in [0.1, 0.15) is 0 Å². The molecule has 0 saturated carbocycles. The minimum atomic E-state index is -0.0198. The molecule has 140 valence electrons. The molecule has 3 aromatic rings. The van der Waals surface area contributed by atoms with Crippen molar-refractivity contribution in [3.8, 4) is 0 Å². The van der Waals surface area contributed by atoms with Crippen LogP contribution < -0.4 is 4.90 Å². The van der Waals surface area contributed by atoms with Crippen LogP contribution in [0.15, 0.2) is 42.5 Å². The van der Waals surface area contributed by atoms with Crippen LogP contribution in [0.1, 0.15) is 69.2 Å². The third-order valence-electron chi connectivity index (χ3n) is 8.29. The number of thiophene rings is 1. The van der Waals surface area contributed by atoms with E-state index in [0.717, 1.165) is 0 Å². The molecule has 0 saturated heterocycles. The lowest BCUT2D eigenvalue weighted by atomic mass is 9.52. The maximum Gasteiger partial charge on any atom is 0.0787 e. The molecule has 2 heteroatoms. The number of aryl methyl sites for hydroxylation is 1. The van der Waals surface area contributed by atoms with E-state index in [4.69, 9.17) is 0 Å². The summed E-state index contributed by atoms with van der Waals surface area (Å²) in [6, 6.07) is 16.2. The Labute approximate surface area is 167 Å². The summed E-state index contributed by atoms with van der Waals surface area (Å²) in [6.45, 7) is 17.1. The Morgan fingerprint density at radius 2 is 1.63 bits per heavy atom.